The van der Waals surface area contributed by atoms with Gasteiger partial charge in [0.2, 0.25) is 5.91 Å². The van der Waals surface area contributed by atoms with Crippen molar-refractivity contribution in [2.24, 2.45) is 5.73 Å². The van der Waals surface area contributed by atoms with Gasteiger partial charge in [-0.2, -0.15) is 0 Å². The Morgan fingerprint density at radius 2 is 1.94 bits per heavy atom. The van der Waals surface area contributed by atoms with Gasteiger partial charge in [-0.15, -0.1) is 12.4 Å². The lowest BCUT2D eigenvalue weighted by atomic mass is 10.3. The zero-order chi connectivity index (χ0) is 11.8. The van der Waals surface area contributed by atoms with Crippen LogP contribution in [0.2, 0.25) is 0 Å². The minimum absolute atomic E-state index is 0. The zero-order valence-electron chi connectivity index (χ0n) is 9.76. The fraction of sp³-hybridized carbons (Fsp3) is 0.778. The van der Waals surface area contributed by atoms with E-state index in [1.165, 1.54) is 19.1 Å². The lowest BCUT2D eigenvalue weighted by Crippen LogP contribution is -2.46. The number of carbonyl (C=O) groups is 2. The van der Waals surface area contributed by atoms with E-state index < -0.39 is 12.0 Å². The van der Waals surface area contributed by atoms with Crippen LogP contribution in [0.3, 0.4) is 0 Å². The van der Waals surface area contributed by atoms with Gasteiger partial charge in [-0.1, -0.05) is 0 Å². The third-order valence-electron chi connectivity index (χ3n) is 1.81. The van der Waals surface area contributed by atoms with Crippen LogP contribution in [0.25, 0.3) is 0 Å². The Morgan fingerprint density at radius 1 is 1.38 bits per heavy atom. The fourth-order valence-electron chi connectivity index (χ4n) is 0.977. The van der Waals surface area contributed by atoms with E-state index >= 15 is 0 Å². The molecule has 0 aromatic rings. The van der Waals surface area contributed by atoms with Gasteiger partial charge in [-0.3, -0.25) is 9.59 Å². The number of amides is 1. The molecule has 0 spiro atoms. The largest absolute Gasteiger partial charge is 0.468 e. The maximum absolute atomic E-state index is 11.5. The standard InChI is InChI=1S/C9H18N2O4.ClH/c1-7(10)9(13)11(4-5-14-2)6-8(12)15-3;/h7H,4-6,10H2,1-3H3;1H. The Bertz CT molecular complexity index is 224. The average Bonchev–Trinajstić information content (AvgIpc) is 2.22. The van der Waals surface area contributed by atoms with E-state index in [4.69, 9.17) is 10.5 Å². The van der Waals surface area contributed by atoms with Crippen molar-refractivity contribution >= 4 is 24.3 Å². The van der Waals surface area contributed by atoms with Crippen molar-refractivity contribution in [2.75, 3.05) is 33.9 Å². The average molecular weight is 255 g/mol. The number of hydrogen-bond acceptors (Lipinski definition) is 5. The van der Waals surface area contributed by atoms with E-state index in [1.54, 1.807) is 6.92 Å². The molecule has 0 heterocycles. The molecule has 6 nitrogen and oxygen atoms in total. The highest BCUT2D eigenvalue weighted by molar-refractivity contribution is 5.85. The van der Waals surface area contributed by atoms with Crippen LogP contribution < -0.4 is 5.73 Å². The van der Waals surface area contributed by atoms with Crippen molar-refractivity contribution < 1.29 is 19.1 Å². The Morgan fingerprint density at radius 3 is 2.31 bits per heavy atom. The topological polar surface area (TPSA) is 81.9 Å². The van der Waals surface area contributed by atoms with E-state index in [0.717, 1.165) is 0 Å². The summed E-state index contributed by atoms with van der Waals surface area (Å²) in [6, 6.07) is -0.633. The minimum Gasteiger partial charge on any atom is -0.468 e. The molecule has 7 heteroatoms. The van der Waals surface area contributed by atoms with Crippen LogP contribution in [0.1, 0.15) is 6.92 Å². The Kier molecular flexibility index (Phi) is 10.3. The molecule has 0 bridgehead atoms. The summed E-state index contributed by atoms with van der Waals surface area (Å²) >= 11 is 0. The first-order chi connectivity index (χ1) is 7.02. The molecule has 16 heavy (non-hydrogen) atoms. The first-order valence-electron chi connectivity index (χ1n) is 4.63. The SMILES string of the molecule is COCCN(CC(=O)OC)C(=O)C(C)N.Cl. The van der Waals surface area contributed by atoms with E-state index in [1.807, 2.05) is 0 Å². The molecule has 0 rings (SSSR count). The molecule has 1 amide bonds. The minimum atomic E-state index is -0.633. The van der Waals surface area contributed by atoms with Crippen molar-refractivity contribution in [3.63, 3.8) is 0 Å². The first kappa shape index (κ1) is 17.5. The Labute approximate surface area is 101 Å². The number of rotatable bonds is 6. The van der Waals surface area contributed by atoms with Gasteiger partial charge in [0, 0.05) is 13.7 Å². The predicted octanol–water partition coefficient (Wildman–Crippen LogP) is -0.597. The van der Waals surface area contributed by atoms with E-state index in [-0.39, 0.29) is 24.9 Å². The second-order valence-corrected chi connectivity index (χ2v) is 3.12. The van der Waals surface area contributed by atoms with Crippen molar-refractivity contribution in [3.8, 4) is 0 Å². The van der Waals surface area contributed by atoms with E-state index in [0.29, 0.717) is 13.2 Å². The molecule has 0 saturated heterocycles. The molecule has 0 radical (unpaired) electrons. The van der Waals surface area contributed by atoms with Gasteiger partial charge in [0.05, 0.1) is 19.8 Å². The Balaban J connectivity index is 0. The summed E-state index contributed by atoms with van der Waals surface area (Å²) in [4.78, 5) is 23.9. The summed E-state index contributed by atoms with van der Waals surface area (Å²) in [7, 11) is 2.79. The smallest absolute Gasteiger partial charge is 0.325 e. The summed E-state index contributed by atoms with van der Waals surface area (Å²) in [6.45, 7) is 2.15. The highest BCUT2D eigenvalue weighted by atomic mass is 35.5. The van der Waals surface area contributed by atoms with E-state index in [2.05, 4.69) is 4.74 Å². The van der Waals surface area contributed by atoms with Crippen LogP contribution in [0.5, 0.6) is 0 Å². The van der Waals surface area contributed by atoms with Crippen LogP contribution in [0.15, 0.2) is 0 Å². The molecular formula is C9H19ClN2O4. The third-order valence-corrected chi connectivity index (χ3v) is 1.81. The number of nitrogens with zero attached hydrogens (tertiary/aromatic N) is 1. The van der Waals surface area contributed by atoms with Gasteiger partial charge in [0.15, 0.2) is 0 Å². The molecule has 0 aliphatic carbocycles. The molecular weight excluding hydrogens is 236 g/mol. The maximum atomic E-state index is 11.5. The zero-order valence-corrected chi connectivity index (χ0v) is 10.6. The number of methoxy groups -OCH3 is 2. The molecule has 0 fully saturated rings. The van der Waals surface area contributed by atoms with Crippen molar-refractivity contribution in [1.29, 1.82) is 0 Å². The summed E-state index contributed by atoms with van der Waals surface area (Å²) in [5, 5.41) is 0. The number of halogens is 1. The lowest BCUT2D eigenvalue weighted by Gasteiger charge is -2.22. The van der Waals surface area contributed by atoms with Gasteiger partial charge >= 0.3 is 5.97 Å². The van der Waals surface area contributed by atoms with E-state index in [9.17, 15) is 9.59 Å². The predicted molar refractivity (Wildman–Crippen MR) is 61.4 cm³/mol. The van der Waals surface area contributed by atoms with Gasteiger partial charge in [0.1, 0.15) is 6.54 Å². The third kappa shape index (κ3) is 6.60. The number of ether oxygens (including phenoxy) is 2. The molecule has 0 aromatic heterocycles. The quantitative estimate of drug-likeness (QED) is 0.641. The molecule has 0 aliphatic rings. The Hall–Kier alpha value is -0.850. The van der Waals surface area contributed by atoms with Gasteiger partial charge in [-0.25, -0.2) is 0 Å². The number of hydrogen-bond donors (Lipinski definition) is 1. The summed E-state index contributed by atoms with van der Waals surface area (Å²) in [5.74, 6) is -0.766. The molecule has 96 valence electrons. The molecule has 0 aromatic carbocycles. The monoisotopic (exact) mass is 254 g/mol. The van der Waals surface area contributed by atoms with Gasteiger partial charge < -0.3 is 20.1 Å². The molecule has 0 aliphatic heterocycles. The number of carbonyl (C=O) groups excluding carboxylic acids is 2. The van der Waals surface area contributed by atoms with Crippen LogP contribution in [0, 0.1) is 0 Å². The van der Waals surface area contributed by atoms with Crippen LogP contribution in [0.4, 0.5) is 0 Å². The highest BCUT2D eigenvalue weighted by Gasteiger charge is 2.19. The van der Waals surface area contributed by atoms with Crippen LogP contribution in [-0.4, -0.2) is 56.7 Å². The highest BCUT2D eigenvalue weighted by Crippen LogP contribution is 1.94. The molecule has 0 saturated carbocycles. The van der Waals surface area contributed by atoms with Gasteiger partial charge in [-0.05, 0) is 6.92 Å². The van der Waals surface area contributed by atoms with Crippen molar-refractivity contribution in [1.82, 2.24) is 4.90 Å². The first-order valence-corrected chi connectivity index (χ1v) is 4.63. The van der Waals surface area contributed by atoms with Crippen LogP contribution in [-0.2, 0) is 19.1 Å². The molecule has 1 atom stereocenters. The van der Waals surface area contributed by atoms with Crippen LogP contribution >= 0.6 is 12.4 Å². The normalized spacial score (nSPS) is 11.2. The van der Waals surface area contributed by atoms with Crippen molar-refractivity contribution in [3.05, 3.63) is 0 Å². The molecule has 2 N–H and O–H groups in total. The lowest BCUT2D eigenvalue weighted by molar-refractivity contribution is -0.147. The second-order valence-electron chi connectivity index (χ2n) is 3.12. The second kappa shape index (κ2) is 9.38. The number of esters is 1. The summed E-state index contributed by atoms with van der Waals surface area (Å²) < 4.78 is 9.31. The van der Waals surface area contributed by atoms with Crippen molar-refractivity contribution in [2.45, 2.75) is 13.0 Å². The van der Waals surface area contributed by atoms with Gasteiger partial charge in [0.25, 0.3) is 0 Å². The summed E-state index contributed by atoms with van der Waals surface area (Å²) in [6.07, 6.45) is 0. The summed E-state index contributed by atoms with van der Waals surface area (Å²) in [5.41, 5.74) is 5.44. The molecule has 1 unspecified atom stereocenters. The number of nitrogens with two attached hydrogens (primary N) is 1. The fourth-order valence-corrected chi connectivity index (χ4v) is 0.977. The maximum Gasteiger partial charge on any atom is 0.325 e.